The van der Waals surface area contributed by atoms with E-state index in [1.54, 1.807) is 0 Å². The molecule has 5 atom stereocenters. The molecule has 2 rings (SSSR count). The van der Waals surface area contributed by atoms with Crippen LogP contribution in [0.25, 0.3) is 0 Å². The van der Waals surface area contributed by atoms with E-state index in [1.807, 2.05) is 4.98 Å². The molecule has 0 bridgehead atoms. The van der Waals surface area contributed by atoms with Crippen molar-refractivity contribution >= 4 is 5.97 Å². The summed E-state index contributed by atoms with van der Waals surface area (Å²) in [6.45, 7) is -0.607. The number of H-pyrrole nitrogens is 1. The first-order valence-electron chi connectivity index (χ1n) is 6.55. The number of aliphatic hydroxyl groups excluding tert-OH is 4. The smallest absolute Gasteiger partial charge is 0.339 e. The Labute approximate surface area is 128 Å². The van der Waals surface area contributed by atoms with E-state index in [-0.39, 0.29) is 0 Å². The van der Waals surface area contributed by atoms with E-state index in [2.05, 4.69) is 4.74 Å². The van der Waals surface area contributed by atoms with Gasteiger partial charge in [-0.05, 0) is 0 Å². The highest BCUT2D eigenvalue weighted by Crippen LogP contribution is 2.28. The number of hydrogen-bond donors (Lipinski definition) is 5. The van der Waals surface area contributed by atoms with Crippen LogP contribution in [-0.2, 0) is 14.3 Å². The number of ether oxygens (including phenoxy) is 2. The number of aliphatic hydroxyl groups is 4. The number of carbonyl (C=O) groups excluding carboxylic acids is 1. The first kappa shape index (κ1) is 17.3. The van der Waals surface area contributed by atoms with Crippen LogP contribution in [0.5, 0.6) is 0 Å². The van der Waals surface area contributed by atoms with Gasteiger partial charge in [-0.15, -0.1) is 0 Å². The third kappa shape index (κ3) is 3.04. The summed E-state index contributed by atoms with van der Waals surface area (Å²) in [6, 6.07) is 0. The van der Waals surface area contributed by atoms with E-state index in [4.69, 9.17) is 9.84 Å². The Balaban J connectivity index is 2.46. The minimum Gasteiger partial charge on any atom is -0.467 e. The second-order valence-electron chi connectivity index (χ2n) is 4.91. The van der Waals surface area contributed by atoms with E-state index in [9.17, 15) is 29.7 Å². The fourth-order valence-corrected chi connectivity index (χ4v) is 2.23. The van der Waals surface area contributed by atoms with Crippen molar-refractivity contribution in [2.45, 2.75) is 30.6 Å². The molecular weight excluding hydrogens is 316 g/mol. The summed E-state index contributed by atoms with van der Waals surface area (Å²) in [7, 11) is 1.00. The topological polar surface area (TPSA) is 171 Å². The van der Waals surface area contributed by atoms with E-state index in [1.165, 1.54) is 0 Å². The van der Waals surface area contributed by atoms with Gasteiger partial charge in [-0.3, -0.25) is 14.3 Å². The van der Waals surface area contributed by atoms with Gasteiger partial charge in [0, 0.05) is 6.20 Å². The fourth-order valence-electron chi connectivity index (χ4n) is 2.23. The van der Waals surface area contributed by atoms with Gasteiger partial charge in [-0.2, -0.15) is 0 Å². The molecule has 1 aromatic heterocycles. The Morgan fingerprint density at radius 2 is 2.09 bits per heavy atom. The molecule has 2 heterocycles. The van der Waals surface area contributed by atoms with Gasteiger partial charge in [0.05, 0.1) is 19.3 Å². The lowest BCUT2D eigenvalue weighted by atomic mass is 10.1. The van der Waals surface area contributed by atoms with Crippen LogP contribution in [0.4, 0.5) is 0 Å². The number of aromatic amines is 1. The summed E-state index contributed by atoms with van der Waals surface area (Å²) in [5, 5.41) is 38.4. The number of rotatable bonds is 4. The van der Waals surface area contributed by atoms with Crippen LogP contribution in [0.2, 0.25) is 0 Å². The Morgan fingerprint density at radius 1 is 1.43 bits per heavy atom. The number of nitrogens with one attached hydrogen (secondary N) is 1. The minimum absolute atomic E-state index is 0.505. The summed E-state index contributed by atoms with van der Waals surface area (Å²) in [4.78, 5) is 36.8. The van der Waals surface area contributed by atoms with E-state index in [0.717, 1.165) is 13.3 Å². The standard InChI is InChI=1S/C12H16N2O9/c1-22-11(20)6(16)4-2-14(12(21)13-9(4)19)10-8(18)7(17)5(3-15)23-10/h2,5-8,10,15-18H,3H2,1H3,(H,13,19,21)/t5-,6-,7?,8+,10-/m1/s1. The summed E-state index contributed by atoms with van der Waals surface area (Å²) >= 11 is 0. The monoisotopic (exact) mass is 332 g/mol. The molecule has 0 amide bonds. The molecule has 1 fully saturated rings. The van der Waals surface area contributed by atoms with Gasteiger partial charge in [0.2, 0.25) is 0 Å². The SMILES string of the molecule is COC(=O)[C@H](O)c1cn([C@@H]2O[C@H](CO)C(O)[C@@H]2O)c(=O)[nH]c1=O. The van der Waals surface area contributed by atoms with Crippen molar-refractivity contribution in [3.05, 3.63) is 32.6 Å². The number of hydrogen-bond acceptors (Lipinski definition) is 9. The van der Waals surface area contributed by atoms with Crippen LogP contribution in [0.3, 0.4) is 0 Å². The van der Waals surface area contributed by atoms with Crippen LogP contribution >= 0.6 is 0 Å². The maximum Gasteiger partial charge on any atom is 0.339 e. The zero-order chi connectivity index (χ0) is 17.3. The second-order valence-corrected chi connectivity index (χ2v) is 4.91. The molecule has 0 saturated carbocycles. The number of nitrogens with zero attached hydrogens (tertiary/aromatic N) is 1. The highest BCUT2D eigenvalue weighted by molar-refractivity contribution is 5.75. The maximum absolute atomic E-state index is 11.9. The average Bonchev–Trinajstić information content (AvgIpc) is 2.81. The molecule has 11 nitrogen and oxygen atoms in total. The van der Waals surface area contributed by atoms with Crippen molar-refractivity contribution in [2.75, 3.05) is 13.7 Å². The number of methoxy groups -OCH3 is 1. The Hall–Kier alpha value is -2.05. The van der Waals surface area contributed by atoms with Crippen molar-refractivity contribution in [2.24, 2.45) is 0 Å². The molecule has 1 unspecified atom stereocenters. The molecule has 0 aromatic carbocycles. The maximum atomic E-state index is 11.9. The van der Waals surface area contributed by atoms with E-state index in [0.29, 0.717) is 4.57 Å². The van der Waals surface area contributed by atoms with Gasteiger partial charge in [0.1, 0.15) is 18.3 Å². The Bertz CT molecular complexity index is 697. The Morgan fingerprint density at radius 3 is 2.61 bits per heavy atom. The van der Waals surface area contributed by atoms with Gasteiger partial charge in [-0.25, -0.2) is 9.59 Å². The molecular formula is C12H16N2O9. The lowest BCUT2D eigenvalue weighted by molar-refractivity contribution is -0.150. The van der Waals surface area contributed by atoms with E-state index < -0.39 is 60.0 Å². The van der Waals surface area contributed by atoms with Gasteiger partial charge < -0.3 is 29.9 Å². The molecule has 1 aliphatic rings. The number of carbonyl (C=O) groups is 1. The molecule has 128 valence electrons. The highest BCUT2D eigenvalue weighted by atomic mass is 16.6. The van der Waals surface area contributed by atoms with Crippen molar-refractivity contribution in [3.8, 4) is 0 Å². The summed E-state index contributed by atoms with van der Waals surface area (Å²) in [5.74, 6) is -1.12. The largest absolute Gasteiger partial charge is 0.467 e. The highest BCUT2D eigenvalue weighted by Gasteiger charge is 2.44. The van der Waals surface area contributed by atoms with E-state index >= 15 is 0 Å². The van der Waals surface area contributed by atoms with Crippen molar-refractivity contribution in [1.29, 1.82) is 0 Å². The van der Waals surface area contributed by atoms with Crippen molar-refractivity contribution in [1.82, 2.24) is 9.55 Å². The molecule has 1 saturated heterocycles. The average molecular weight is 332 g/mol. The molecule has 0 aliphatic carbocycles. The fraction of sp³-hybridized carbons (Fsp3) is 0.583. The molecule has 0 spiro atoms. The summed E-state index contributed by atoms with van der Waals surface area (Å²) in [6.07, 6.45) is -6.72. The lowest BCUT2D eigenvalue weighted by Crippen LogP contribution is -2.39. The third-order valence-electron chi connectivity index (χ3n) is 3.51. The third-order valence-corrected chi connectivity index (χ3v) is 3.51. The van der Waals surface area contributed by atoms with Crippen LogP contribution in [0.15, 0.2) is 15.8 Å². The molecule has 1 aromatic rings. The normalized spacial score (nSPS) is 28.6. The van der Waals surface area contributed by atoms with Crippen molar-refractivity contribution in [3.63, 3.8) is 0 Å². The first-order valence-corrected chi connectivity index (χ1v) is 6.55. The predicted molar refractivity (Wildman–Crippen MR) is 71.3 cm³/mol. The second kappa shape index (κ2) is 6.60. The molecule has 23 heavy (non-hydrogen) atoms. The van der Waals surface area contributed by atoms with Gasteiger partial charge >= 0.3 is 11.7 Å². The molecule has 5 N–H and O–H groups in total. The van der Waals surface area contributed by atoms with Crippen molar-refractivity contribution < 1.29 is 34.7 Å². The first-order chi connectivity index (χ1) is 10.8. The zero-order valence-electron chi connectivity index (χ0n) is 11.9. The van der Waals surface area contributed by atoms with Crippen LogP contribution in [0.1, 0.15) is 17.9 Å². The van der Waals surface area contributed by atoms with Crippen LogP contribution < -0.4 is 11.2 Å². The molecule has 0 radical (unpaired) electrons. The number of aromatic nitrogens is 2. The number of esters is 1. The van der Waals surface area contributed by atoms with Crippen LogP contribution in [-0.4, -0.2) is 68.0 Å². The molecule has 11 heteroatoms. The molecule has 1 aliphatic heterocycles. The van der Waals surface area contributed by atoms with Gasteiger partial charge in [0.15, 0.2) is 12.3 Å². The van der Waals surface area contributed by atoms with Gasteiger partial charge in [-0.1, -0.05) is 0 Å². The Kier molecular flexibility index (Phi) is 4.97. The van der Waals surface area contributed by atoms with Gasteiger partial charge in [0.25, 0.3) is 5.56 Å². The van der Waals surface area contributed by atoms with Crippen LogP contribution in [0, 0.1) is 0 Å². The minimum atomic E-state index is -1.95. The summed E-state index contributed by atoms with van der Waals surface area (Å²) in [5.41, 5.74) is -2.52. The summed E-state index contributed by atoms with van der Waals surface area (Å²) < 4.78 is 10.2. The zero-order valence-corrected chi connectivity index (χ0v) is 11.9. The quantitative estimate of drug-likeness (QED) is 0.349. The lowest BCUT2D eigenvalue weighted by Gasteiger charge is -2.18. The predicted octanol–water partition coefficient (Wildman–Crippen LogP) is -3.65.